The largest absolute Gasteiger partial charge is 0.399 e. The minimum absolute atomic E-state index is 0.00153. The molecule has 5 heteroatoms. The van der Waals surface area contributed by atoms with Gasteiger partial charge in [-0.15, -0.1) is 0 Å². The molecule has 1 aromatic rings. The maximum atomic E-state index is 12.2. The van der Waals surface area contributed by atoms with E-state index in [-0.39, 0.29) is 11.0 Å². The molecule has 1 saturated carbocycles. The number of nitrogens with two attached hydrogens (primary N) is 1. The maximum absolute atomic E-state index is 12.2. The summed E-state index contributed by atoms with van der Waals surface area (Å²) < 4.78 is 24.3. The molecule has 1 aliphatic carbocycles. The summed E-state index contributed by atoms with van der Waals surface area (Å²) in [5.74, 6) is 0.00153. The van der Waals surface area contributed by atoms with Gasteiger partial charge in [-0.25, -0.2) is 8.42 Å². The summed E-state index contributed by atoms with van der Waals surface area (Å²) in [6.45, 7) is 0. The Hall–Kier alpha value is -0.740. The van der Waals surface area contributed by atoms with Crippen molar-refractivity contribution in [3.8, 4) is 0 Å². The molecule has 0 aromatic heterocycles. The second kappa shape index (κ2) is 4.86. The van der Waals surface area contributed by atoms with E-state index >= 15 is 0 Å². The van der Waals surface area contributed by atoms with Crippen molar-refractivity contribution in [3.63, 3.8) is 0 Å². The summed E-state index contributed by atoms with van der Waals surface area (Å²) in [6, 6.07) is 4.97. The highest BCUT2D eigenvalue weighted by Gasteiger charge is 2.29. The Labute approximate surface area is 107 Å². The molecule has 0 bridgehead atoms. The van der Waals surface area contributed by atoms with Crippen LogP contribution in [0.4, 0.5) is 5.69 Å². The zero-order chi connectivity index (χ0) is 12.5. The molecule has 3 nitrogen and oxygen atoms in total. The number of hydrogen-bond donors (Lipinski definition) is 1. The highest BCUT2D eigenvalue weighted by atomic mass is 35.5. The molecule has 1 aromatic carbocycles. The number of sulfone groups is 1. The lowest BCUT2D eigenvalue weighted by Crippen LogP contribution is -2.19. The first kappa shape index (κ1) is 12.7. The molecule has 0 radical (unpaired) electrons. The topological polar surface area (TPSA) is 60.2 Å². The molecule has 1 fully saturated rings. The molecule has 0 heterocycles. The smallest absolute Gasteiger partial charge is 0.157 e. The highest BCUT2D eigenvalue weighted by molar-refractivity contribution is 7.91. The average molecular weight is 274 g/mol. The standard InChI is InChI=1S/C12H16ClNO2S/c13-12-6-5-10(14)7-9(12)8-17(15,16)11-3-1-2-4-11/h5-7,11H,1-4,8,14H2. The van der Waals surface area contributed by atoms with E-state index in [9.17, 15) is 8.42 Å². The van der Waals surface area contributed by atoms with Crippen molar-refractivity contribution in [3.05, 3.63) is 28.8 Å². The lowest BCUT2D eigenvalue weighted by atomic mass is 10.2. The molecule has 94 valence electrons. The van der Waals surface area contributed by atoms with Crippen LogP contribution in [0.5, 0.6) is 0 Å². The zero-order valence-corrected chi connectivity index (χ0v) is 11.1. The molecule has 0 spiro atoms. The van der Waals surface area contributed by atoms with Crippen molar-refractivity contribution in [1.29, 1.82) is 0 Å². The van der Waals surface area contributed by atoms with E-state index in [2.05, 4.69) is 0 Å². The molecular weight excluding hydrogens is 258 g/mol. The molecular formula is C12H16ClNO2S. The molecule has 0 saturated heterocycles. The van der Waals surface area contributed by atoms with Crippen LogP contribution in [0.15, 0.2) is 18.2 Å². The van der Waals surface area contributed by atoms with Gasteiger partial charge < -0.3 is 5.73 Å². The van der Waals surface area contributed by atoms with Crippen LogP contribution in [-0.2, 0) is 15.6 Å². The third-order valence-corrected chi connectivity index (χ3v) is 5.81. The molecule has 17 heavy (non-hydrogen) atoms. The number of anilines is 1. The van der Waals surface area contributed by atoms with Crippen molar-refractivity contribution in [1.82, 2.24) is 0 Å². The Kier molecular flexibility index (Phi) is 3.64. The van der Waals surface area contributed by atoms with Crippen LogP contribution in [-0.4, -0.2) is 13.7 Å². The second-order valence-corrected chi connectivity index (χ2v) is 7.25. The Balaban J connectivity index is 2.22. The summed E-state index contributed by atoms with van der Waals surface area (Å²) in [7, 11) is -3.09. The third-order valence-electron chi connectivity index (χ3n) is 3.24. The molecule has 0 atom stereocenters. The molecule has 0 amide bonds. The van der Waals surface area contributed by atoms with Crippen molar-refractivity contribution < 1.29 is 8.42 Å². The molecule has 0 unspecified atom stereocenters. The maximum Gasteiger partial charge on any atom is 0.157 e. The van der Waals surface area contributed by atoms with Crippen molar-refractivity contribution in [2.75, 3.05) is 5.73 Å². The predicted molar refractivity (Wildman–Crippen MR) is 70.7 cm³/mol. The Morgan fingerprint density at radius 1 is 1.29 bits per heavy atom. The minimum Gasteiger partial charge on any atom is -0.399 e. The monoisotopic (exact) mass is 273 g/mol. The first-order chi connectivity index (χ1) is 7.99. The molecule has 0 aliphatic heterocycles. The second-order valence-electron chi connectivity index (χ2n) is 4.56. The fraction of sp³-hybridized carbons (Fsp3) is 0.500. The van der Waals surface area contributed by atoms with Crippen LogP contribution in [0.1, 0.15) is 31.2 Å². The van der Waals surface area contributed by atoms with Gasteiger partial charge in [0.15, 0.2) is 9.84 Å². The summed E-state index contributed by atoms with van der Waals surface area (Å²) in [6.07, 6.45) is 3.58. The number of nitrogen functional groups attached to an aromatic ring is 1. The predicted octanol–water partition coefficient (Wildman–Crippen LogP) is 2.78. The van der Waals surface area contributed by atoms with Crippen LogP contribution in [0.3, 0.4) is 0 Å². The average Bonchev–Trinajstić information content (AvgIpc) is 2.77. The van der Waals surface area contributed by atoms with Crippen LogP contribution in [0, 0.1) is 0 Å². The van der Waals surface area contributed by atoms with Gasteiger partial charge in [0.05, 0.1) is 11.0 Å². The van der Waals surface area contributed by atoms with Gasteiger partial charge in [0, 0.05) is 10.7 Å². The van der Waals surface area contributed by atoms with Gasteiger partial charge in [-0.05, 0) is 36.6 Å². The lowest BCUT2D eigenvalue weighted by Gasteiger charge is -2.12. The Morgan fingerprint density at radius 3 is 2.59 bits per heavy atom. The summed E-state index contributed by atoms with van der Waals surface area (Å²) in [5.41, 5.74) is 6.80. The SMILES string of the molecule is Nc1ccc(Cl)c(CS(=O)(=O)C2CCCC2)c1. The van der Waals surface area contributed by atoms with Gasteiger partial charge in [0.25, 0.3) is 0 Å². The van der Waals surface area contributed by atoms with Crippen molar-refractivity contribution in [2.24, 2.45) is 0 Å². The van der Waals surface area contributed by atoms with E-state index in [0.29, 0.717) is 16.3 Å². The highest BCUT2D eigenvalue weighted by Crippen LogP contribution is 2.29. The van der Waals surface area contributed by atoms with Gasteiger partial charge in [-0.3, -0.25) is 0 Å². The number of rotatable bonds is 3. The van der Waals surface area contributed by atoms with E-state index in [4.69, 9.17) is 17.3 Å². The third kappa shape index (κ3) is 2.93. The van der Waals surface area contributed by atoms with Gasteiger partial charge in [-0.1, -0.05) is 24.4 Å². The fourth-order valence-electron chi connectivity index (χ4n) is 2.29. The van der Waals surface area contributed by atoms with E-state index in [0.717, 1.165) is 25.7 Å². The van der Waals surface area contributed by atoms with Crippen LogP contribution < -0.4 is 5.73 Å². The van der Waals surface area contributed by atoms with Crippen LogP contribution in [0.25, 0.3) is 0 Å². The normalized spacial score (nSPS) is 17.5. The van der Waals surface area contributed by atoms with E-state index < -0.39 is 9.84 Å². The number of halogens is 1. The van der Waals surface area contributed by atoms with Crippen LogP contribution >= 0.6 is 11.6 Å². The Morgan fingerprint density at radius 2 is 1.94 bits per heavy atom. The first-order valence-electron chi connectivity index (χ1n) is 5.74. The minimum atomic E-state index is -3.09. The molecule has 2 rings (SSSR count). The number of benzene rings is 1. The fourth-order valence-corrected chi connectivity index (χ4v) is 4.51. The van der Waals surface area contributed by atoms with Crippen molar-refractivity contribution in [2.45, 2.75) is 36.7 Å². The quantitative estimate of drug-likeness (QED) is 0.862. The number of hydrogen-bond acceptors (Lipinski definition) is 3. The summed E-state index contributed by atoms with van der Waals surface area (Å²) in [5, 5.41) is 0.278. The lowest BCUT2D eigenvalue weighted by molar-refractivity contribution is 0.579. The first-order valence-corrected chi connectivity index (χ1v) is 7.84. The van der Waals surface area contributed by atoms with E-state index in [1.165, 1.54) is 0 Å². The van der Waals surface area contributed by atoms with Gasteiger partial charge in [0.1, 0.15) is 0 Å². The van der Waals surface area contributed by atoms with Crippen molar-refractivity contribution >= 4 is 27.1 Å². The Bertz CT molecular complexity index is 507. The van der Waals surface area contributed by atoms with E-state index in [1.54, 1.807) is 18.2 Å². The summed E-state index contributed by atoms with van der Waals surface area (Å²) in [4.78, 5) is 0. The molecule has 1 aliphatic rings. The molecule has 2 N–H and O–H groups in total. The van der Waals surface area contributed by atoms with Gasteiger partial charge >= 0.3 is 0 Å². The van der Waals surface area contributed by atoms with Crippen LogP contribution in [0.2, 0.25) is 5.02 Å². The van der Waals surface area contributed by atoms with Gasteiger partial charge in [0.2, 0.25) is 0 Å². The van der Waals surface area contributed by atoms with E-state index in [1.807, 2.05) is 0 Å². The van der Waals surface area contributed by atoms with Gasteiger partial charge in [-0.2, -0.15) is 0 Å². The zero-order valence-electron chi connectivity index (χ0n) is 9.52. The summed E-state index contributed by atoms with van der Waals surface area (Å²) >= 11 is 5.99.